The van der Waals surface area contributed by atoms with Crippen LogP contribution in [0.25, 0.3) is 0 Å². The summed E-state index contributed by atoms with van der Waals surface area (Å²) in [6.07, 6.45) is 1.17. The van der Waals surface area contributed by atoms with Crippen LogP contribution in [0.15, 0.2) is 30.3 Å². The second kappa shape index (κ2) is 3.39. The summed E-state index contributed by atoms with van der Waals surface area (Å²) in [5, 5.41) is 9.23. The Hall–Kier alpha value is -0.820. The Morgan fingerprint density at radius 3 is 2.57 bits per heavy atom. The number of aliphatic hydroxyl groups is 1. The van der Waals surface area contributed by atoms with Gasteiger partial charge in [0, 0.05) is 6.61 Å². The molecule has 1 fully saturated rings. The van der Waals surface area contributed by atoms with Gasteiger partial charge in [-0.2, -0.15) is 0 Å². The molecule has 1 saturated carbocycles. The zero-order valence-corrected chi connectivity index (χ0v) is 8.90. The summed E-state index contributed by atoms with van der Waals surface area (Å²) in [6, 6.07) is 10.6. The lowest BCUT2D eigenvalue weighted by Crippen LogP contribution is -2.08. The van der Waals surface area contributed by atoms with Crippen LogP contribution in [0.2, 0.25) is 0 Å². The zero-order chi connectivity index (χ0) is 10.2. The molecule has 2 rings (SSSR count). The van der Waals surface area contributed by atoms with Gasteiger partial charge in [-0.05, 0) is 29.2 Å². The van der Waals surface area contributed by atoms with E-state index < -0.39 is 0 Å². The Balaban J connectivity index is 2.08. The van der Waals surface area contributed by atoms with Gasteiger partial charge in [-0.15, -0.1) is 0 Å². The number of rotatable bonds is 3. The predicted molar refractivity (Wildman–Crippen MR) is 58.2 cm³/mol. The summed E-state index contributed by atoms with van der Waals surface area (Å²) >= 11 is 0. The Kier molecular flexibility index (Phi) is 2.36. The maximum Gasteiger partial charge on any atom is 0.0487 e. The molecule has 0 bridgehead atoms. The highest BCUT2D eigenvalue weighted by Crippen LogP contribution is 2.58. The van der Waals surface area contributed by atoms with Crippen LogP contribution in [0.5, 0.6) is 0 Å². The SMILES string of the molecule is C[C@H](c1ccccc1)[C@@H]1C[C@]1(C)CO. The Labute approximate surface area is 85.8 Å². The molecular weight excluding hydrogens is 172 g/mol. The standard InChI is InChI=1S/C13H18O/c1-10(11-6-4-3-5-7-11)12-8-13(12,2)9-14/h3-7,10,12,14H,8-9H2,1-2H3/t10-,12+,13-/m1/s1. The smallest absolute Gasteiger partial charge is 0.0487 e. The maximum atomic E-state index is 9.23. The molecule has 0 saturated heterocycles. The van der Waals surface area contributed by atoms with Gasteiger partial charge in [0.15, 0.2) is 0 Å². The summed E-state index contributed by atoms with van der Waals surface area (Å²) in [7, 11) is 0. The summed E-state index contributed by atoms with van der Waals surface area (Å²) in [5.74, 6) is 1.24. The van der Waals surface area contributed by atoms with Gasteiger partial charge >= 0.3 is 0 Å². The van der Waals surface area contributed by atoms with Crippen LogP contribution < -0.4 is 0 Å². The Bertz CT molecular complexity index is 306. The first kappa shape index (κ1) is 9.72. The van der Waals surface area contributed by atoms with Gasteiger partial charge in [-0.3, -0.25) is 0 Å². The van der Waals surface area contributed by atoms with E-state index in [1.54, 1.807) is 0 Å². The van der Waals surface area contributed by atoms with Crippen molar-refractivity contribution in [3.8, 4) is 0 Å². The minimum Gasteiger partial charge on any atom is -0.396 e. The molecule has 1 N–H and O–H groups in total. The van der Waals surface area contributed by atoms with Crippen molar-refractivity contribution in [2.45, 2.75) is 26.2 Å². The minimum absolute atomic E-state index is 0.190. The van der Waals surface area contributed by atoms with Gasteiger partial charge in [0.25, 0.3) is 0 Å². The summed E-state index contributed by atoms with van der Waals surface area (Å²) < 4.78 is 0. The Morgan fingerprint density at radius 1 is 1.43 bits per heavy atom. The van der Waals surface area contributed by atoms with Crippen molar-refractivity contribution in [1.82, 2.24) is 0 Å². The van der Waals surface area contributed by atoms with Crippen molar-refractivity contribution in [1.29, 1.82) is 0 Å². The average molecular weight is 190 g/mol. The van der Waals surface area contributed by atoms with E-state index >= 15 is 0 Å². The molecule has 3 atom stereocenters. The quantitative estimate of drug-likeness (QED) is 0.777. The van der Waals surface area contributed by atoms with Crippen LogP contribution in [0, 0.1) is 11.3 Å². The van der Waals surface area contributed by atoms with E-state index in [2.05, 4.69) is 38.1 Å². The van der Waals surface area contributed by atoms with Crippen LogP contribution in [-0.2, 0) is 0 Å². The van der Waals surface area contributed by atoms with Gasteiger partial charge in [-0.1, -0.05) is 44.2 Å². The van der Waals surface area contributed by atoms with Gasteiger partial charge in [-0.25, -0.2) is 0 Å². The lowest BCUT2D eigenvalue weighted by Gasteiger charge is -2.14. The van der Waals surface area contributed by atoms with Crippen LogP contribution in [0.3, 0.4) is 0 Å². The first-order valence-corrected chi connectivity index (χ1v) is 5.33. The predicted octanol–water partition coefficient (Wildman–Crippen LogP) is 2.81. The second-order valence-corrected chi connectivity index (χ2v) is 4.82. The normalized spacial score (nSPS) is 32.6. The summed E-state index contributed by atoms with van der Waals surface area (Å²) in [6.45, 7) is 4.77. The second-order valence-electron chi connectivity index (χ2n) is 4.82. The minimum atomic E-state index is 0.190. The van der Waals surface area contributed by atoms with Gasteiger partial charge in [0.05, 0.1) is 0 Å². The van der Waals surface area contributed by atoms with Gasteiger partial charge in [0.1, 0.15) is 0 Å². The largest absolute Gasteiger partial charge is 0.396 e. The highest BCUT2D eigenvalue weighted by atomic mass is 16.3. The first-order valence-electron chi connectivity index (χ1n) is 5.33. The maximum absolute atomic E-state index is 9.23. The van der Waals surface area contributed by atoms with Crippen LogP contribution >= 0.6 is 0 Å². The molecule has 1 heteroatoms. The van der Waals surface area contributed by atoms with Crippen LogP contribution in [-0.4, -0.2) is 11.7 Å². The van der Waals surface area contributed by atoms with Crippen molar-refractivity contribution < 1.29 is 5.11 Å². The zero-order valence-electron chi connectivity index (χ0n) is 8.90. The number of hydrogen-bond donors (Lipinski definition) is 1. The first-order chi connectivity index (χ1) is 6.67. The average Bonchev–Trinajstić information content (AvgIpc) is 2.92. The number of aliphatic hydroxyl groups excluding tert-OH is 1. The molecule has 0 spiro atoms. The van der Waals surface area contributed by atoms with Crippen molar-refractivity contribution in [2.24, 2.45) is 11.3 Å². The van der Waals surface area contributed by atoms with E-state index in [4.69, 9.17) is 0 Å². The van der Waals surface area contributed by atoms with Crippen molar-refractivity contribution in [3.05, 3.63) is 35.9 Å². The molecular formula is C13H18O. The molecule has 1 aliphatic carbocycles. The molecule has 76 valence electrons. The third kappa shape index (κ3) is 1.57. The molecule has 0 aliphatic heterocycles. The fourth-order valence-corrected chi connectivity index (χ4v) is 2.39. The monoisotopic (exact) mass is 190 g/mol. The van der Waals surface area contributed by atoms with E-state index in [-0.39, 0.29) is 5.41 Å². The van der Waals surface area contributed by atoms with E-state index in [0.717, 1.165) is 0 Å². The van der Waals surface area contributed by atoms with Crippen LogP contribution in [0.1, 0.15) is 31.7 Å². The van der Waals surface area contributed by atoms with Crippen molar-refractivity contribution >= 4 is 0 Å². The van der Waals surface area contributed by atoms with E-state index in [1.165, 1.54) is 12.0 Å². The summed E-state index contributed by atoms with van der Waals surface area (Å²) in [5.41, 5.74) is 1.59. The molecule has 1 aromatic carbocycles. The van der Waals surface area contributed by atoms with Crippen LogP contribution in [0.4, 0.5) is 0 Å². The molecule has 1 aliphatic rings. The number of hydrogen-bond acceptors (Lipinski definition) is 1. The molecule has 0 unspecified atom stereocenters. The van der Waals surface area contributed by atoms with Gasteiger partial charge < -0.3 is 5.11 Å². The fraction of sp³-hybridized carbons (Fsp3) is 0.538. The van der Waals surface area contributed by atoms with Gasteiger partial charge in [0.2, 0.25) is 0 Å². The van der Waals surface area contributed by atoms with Crippen molar-refractivity contribution in [3.63, 3.8) is 0 Å². The van der Waals surface area contributed by atoms with Crippen molar-refractivity contribution in [2.75, 3.05) is 6.61 Å². The lowest BCUT2D eigenvalue weighted by molar-refractivity contribution is 0.207. The highest BCUT2D eigenvalue weighted by Gasteiger charge is 2.52. The molecule has 0 heterocycles. The highest BCUT2D eigenvalue weighted by molar-refractivity contribution is 5.23. The topological polar surface area (TPSA) is 20.2 Å². The molecule has 14 heavy (non-hydrogen) atoms. The molecule has 0 radical (unpaired) electrons. The molecule has 1 nitrogen and oxygen atoms in total. The molecule has 0 amide bonds. The molecule has 0 aromatic heterocycles. The molecule has 1 aromatic rings. The van der Waals surface area contributed by atoms with E-state index in [0.29, 0.717) is 18.4 Å². The third-order valence-corrected chi connectivity index (χ3v) is 3.71. The van der Waals surface area contributed by atoms with E-state index in [1.807, 2.05) is 6.07 Å². The van der Waals surface area contributed by atoms with E-state index in [9.17, 15) is 5.11 Å². The Morgan fingerprint density at radius 2 is 2.07 bits per heavy atom. The number of benzene rings is 1. The third-order valence-electron chi connectivity index (χ3n) is 3.71. The lowest BCUT2D eigenvalue weighted by atomic mass is 9.91. The summed E-state index contributed by atoms with van der Waals surface area (Å²) in [4.78, 5) is 0. The fourth-order valence-electron chi connectivity index (χ4n) is 2.39.